The van der Waals surface area contributed by atoms with E-state index in [1.165, 1.54) is 17.0 Å². The third-order valence-electron chi connectivity index (χ3n) is 3.83. The third kappa shape index (κ3) is 4.93. The summed E-state index contributed by atoms with van der Waals surface area (Å²) in [6.07, 6.45) is 1.78. The van der Waals surface area contributed by atoms with Crippen LogP contribution in [0.1, 0.15) is 18.4 Å². The second-order valence-corrected chi connectivity index (χ2v) is 7.76. The lowest BCUT2D eigenvalue weighted by atomic mass is 10.2. The van der Waals surface area contributed by atoms with Crippen molar-refractivity contribution >= 4 is 15.9 Å². The first kappa shape index (κ1) is 18.7. The van der Waals surface area contributed by atoms with Crippen molar-refractivity contribution in [2.24, 2.45) is 0 Å². The lowest BCUT2D eigenvalue weighted by molar-refractivity contribution is -0.130. The fraction of sp³-hybridized carbons (Fsp3) is 0.562. The van der Waals surface area contributed by atoms with Gasteiger partial charge in [0.1, 0.15) is 5.75 Å². The Bertz CT molecular complexity index is 682. The van der Waals surface area contributed by atoms with E-state index in [1.807, 2.05) is 0 Å². The molecule has 1 aromatic carbocycles. The van der Waals surface area contributed by atoms with Crippen molar-refractivity contribution < 1.29 is 22.7 Å². The maximum absolute atomic E-state index is 12.3. The minimum absolute atomic E-state index is 0.0551. The van der Waals surface area contributed by atoms with Crippen LogP contribution < -0.4 is 9.46 Å². The number of sulfonamides is 1. The largest absolute Gasteiger partial charge is 0.483 e. The highest BCUT2D eigenvalue weighted by Crippen LogP contribution is 2.22. The monoisotopic (exact) mass is 356 g/mol. The fourth-order valence-corrected chi connectivity index (χ4v) is 3.46. The van der Waals surface area contributed by atoms with E-state index in [-0.39, 0.29) is 30.1 Å². The van der Waals surface area contributed by atoms with Crippen LogP contribution in [0.25, 0.3) is 0 Å². The Hall–Kier alpha value is -1.64. The summed E-state index contributed by atoms with van der Waals surface area (Å²) in [5, 5.41) is 0. The zero-order valence-corrected chi connectivity index (χ0v) is 15.1. The van der Waals surface area contributed by atoms with Gasteiger partial charge in [-0.1, -0.05) is 0 Å². The van der Waals surface area contributed by atoms with Gasteiger partial charge in [-0.15, -0.1) is 0 Å². The van der Waals surface area contributed by atoms with Gasteiger partial charge in [0.2, 0.25) is 10.0 Å². The van der Waals surface area contributed by atoms with Crippen LogP contribution in [-0.4, -0.2) is 59.2 Å². The maximum atomic E-state index is 12.3. The Labute approximate surface area is 143 Å². The predicted octanol–water partition coefficient (Wildman–Crippen LogP) is 0.919. The molecule has 1 aromatic rings. The smallest absolute Gasteiger partial charge is 0.259 e. The molecule has 1 fully saturated rings. The fourth-order valence-electron chi connectivity index (χ4n) is 2.31. The molecule has 1 atom stereocenters. The molecule has 0 radical (unpaired) electrons. The van der Waals surface area contributed by atoms with Crippen molar-refractivity contribution in [3.8, 4) is 5.75 Å². The second-order valence-electron chi connectivity index (χ2n) is 5.99. The zero-order chi connectivity index (χ0) is 17.7. The quantitative estimate of drug-likeness (QED) is 0.785. The van der Waals surface area contributed by atoms with Gasteiger partial charge in [0.15, 0.2) is 6.61 Å². The molecule has 0 saturated carbocycles. The molecule has 1 saturated heterocycles. The number of carbonyl (C=O) groups is 1. The van der Waals surface area contributed by atoms with Crippen LogP contribution in [0.5, 0.6) is 5.75 Å². The van der Waals surface area contributed by atoms with Gasteiger partial charge in [-0.2, -0.15) is 0 Å². The second kappa shape index (κ2) is 7.96. The molecule has 0 bridgehead atoms. The Morgan fingerprint density at radius 2 is 2.17 bits per heavy atom. The number of nitrogens with one attached hydrogen (secondary N) is 1. The lowest BCUT2D eigenvalue weighted by Crippen LogP contribution is -2.31. The van der Waals surface area contributed by atoms with Crippen molar-refractivity contribution in [1.82, 2.24) is 9.62 Å². The first-order valence-corrected chi connectivity index (χ1v) is 9.33. The molecular weight excluding hydrogens is 332 g/mol. The molecule has 24 heavy (non-hydrogen) atoms. The van der Waals surface area contributed by atoms with E-state index in [0.29, 0.717) is 17.9 Å². The number of hydrogen-bond donors (Lipinski definition) is 1. The number of amides is 1. The van der Waals surface area contributed by atoms with Gasteiger partial charge in [0.25, 0.3) is 5.91 Å². The molecule has 1 aliphatic rings. The van der Waals surface area contributed by atoms with Crippen LogP contribution in [0, 0.1) is 6.92 Å². The van der Waals surface area contributed by atoms with Crippen LogP contribution in [0.2, 0.25) is 0 Å². The molecule has 0 aliphatic carbocycles. The number of benzene rings is 1. The molecule has 134 valence electrons. The van der Waals surface area contributed by atoms with E-state index in [1.54, 1.807) is 27.1 Å². The zero-order valence-electron chi connectivity index (χ0n) is 14.2. The summed E-state index contributed by atoms with van der Waals surface area (Å²) in [6.45, 7) is 2.62. The van der Waals surface area contributed by atoms with Gasteiger partial charge in [0, 0.05) is 27.2 Å². The van der Waals surface area contributed by atoms with E-state index < -0.39 is 10.0 Å². The average Bonchev–Trinajstić information content (AvgIpc) is 3.04. The van der Waals surface area contributed by atoms with Crippen molar-refractivity contribution in [1.29, 1.82) is 0 Å². The number of nitrogens with zero attached hydrogens (tertiary/aromatic N) is 1. The Morgan fingerprint density at radius 1 is 1.42 bits per heavy atom. The Kier molecular flexibility index (Phi) is 6.20. The number of hydrogen-bond acceptors (Lipinski definition) is 5. The van der Waals surface area contributed by atoms with E-state index in [0.717, 1.165) is 12.8 Å². The van der Waals surface area contributed by atoms with Crippen molar-refractivity contribution in [2.45, 2.75) is 30.8 Å². The van der Waals surface area contributed by atoms with Crippen molar-refractivity contribution in [3.05, 3.63) is 23.8 Å². The number of likely N-dealkylation sites (N-methyl/N-ethyl adjacent to an activating group) is 1. The molecule has 0 aromatic heterocycles. The van der Waals surface area contributed by atoms with Crippen molar-refractivity contribution in [2.75, 3.05) is 33.9 Å². The molecule has 1 heterocycles. The number of ether oxygens (including phenoxy) is 2. The molecule has 0 spiro atoms. The summed E-state index contributed by atoms with van der Waals surface area (Å²) in [5.74, 6) is 0.326. The summed E-state index contributed by atoms with van der Waals surface area (Å²) >= 11 is 0. The lowest BCUT2D eigenvalue weighted by Gasteiger charge is -2.14. The van der Waals surface area contributed by atoms with Gasteiger partial charge in [0.05, 0.1) is 11.0 Å². The van der Waals surface area contributed by atoms with Gasteiger partial charge < -0.3 is 14.4 Å². The standard InChI is InChI=1S/C16H24N2O5S/c1-12-9-14(6-7-15(12)23-11-16(19)18(2)3)24(20,21)17-10-13-5-4-8-22-13/h6-7,9,13,17H,4-5,8,10-11H2,1-3H3/t13-/m1/s1. The topological polar surface area (TPSA) is 84.9 Å². The maximum Gasteiger partial charge on any atom is 0.259 e. The van der Waals surface area contributed by atoms with Gasteiger partial charge >= 0.3 is 0 Å². The first-order chi connectivity index (χ1) is 11.3. The molecular formula is C16H24N2O5S. The molecule has 8 heteroatoms. The summed E-state index contributed by atoms with van der Waals surface area (Å²) < 4.78 is 38.1. The van der Waals surface area contributed by atoms with Crippen LogP contribution in [0.4, 0.5) is 0 Å². The minimum Gasteiger partial charge on any atom is -0.483 e. The normalized spacial score (nSPS) is 17.7. The van der Waals surface area contributed by atoms with E-state index >= 15 is 0 Å². The van der Waals surface area contributed by atoms with Gasteiger partial charge in [-0.05, 0) is 43.5 Å². The highest BCUT2D eigenvalue weighted by molar-refractivity contribution is 7.89. The summed E-state index contributed by atoms with van der Waals surface area (Å²) in [4.78, 5) is 13.2. The number of rotatable bonds is 7. The molecule has 1 aliphatic heterocycles. The van der Waals surface area contributed by atoms with Gasteiger partial charge in [-0.25, -0.2) is 13.1 Å². The molecule has 1 N–H and O–H groups in total. The van der Waals surface area contributed by atoms with E-state index in [4.69, 9.17) is 9.47 Å². The SMILES string of the molecule is Cc1cc(S(=O)(=O)NC[C@H]2CCCO2)ccc1OCC(=O)N(C)C. The summed E-state index contributed by atoms with van der Waals surface area (Å²) in [5.41, 5.74) is 0.654. The average molecular weight is 356 g/mol. The molecule has 7 nitrogen and oxygen atoms in total. The van der Waals surface area contributed by atoms with Crippen LogP contribution in [0.3, 0.4) is 0 Å². The van der Waals surface area contributed by atoms with E-state index in [2.05, 4.69) is 4.72 Å². The molecule has 0 unspecified atom stereocenters. The molecule has 1 amide bonds. The van der Waals surface area contributed by atoms with E-state index in [9.17, 15) is 13.2 Å². The van der Waals surface area contributed by atoms with Crippen LogP contribution in [0.15, 0.2) is 23.1 Å². The van der Waals surface area contributed by atoms with Crippen molar-refractivity contribution in [3.63, 3.8) is 0 Å². The Morgan fingerprint density at radius 3 is 2.75 bits per heavy atom. The van der Waals surface area contributed by atoms with Gasteiger partial charge in [-0.3, -0.25) is 4.79 Å². The van der Waals surface area contributed by atoms with Crippen LogP contribution in [-0.2, 0) is 19.6 Å². The first-order valence-electron chi connectivity index (χ1n) is 7.84. The minimum atomic E-state index is -3.59. The highest BCUT2D eigenvalue weighted by Gasteiger charge is 2.21. The third-order valence-corrected chi connectivity index (χ3v) is 5.25. The highest BCUT2D eigenvalue weighted by atomic mass is 32.2. The number of carbonyl (C=O) groups excluding carboxylic acids is 1. The summed E-state index contributed by atoms with van der Waals surface area (Å²) in [7, 11) is -0.299. The number of aryl methyl sites for hydroxylation is 1. The summed E-state index contributed by atoms with van der Waals surface area (Å²) in [6, 6.07) is 4.58. The molecule has 2 rings (SSSR count). The predicted molar refractivity (Wildman–Crippen MR) is 89.5 cm³/mol. The van der Waals surface area contributed by atoms with Crippen LogP contribution >= 0.6 is 0 Å². The Balaban J connectivity index is 2.00.